The molecular formula is C15H24N4O3S. The van der Waals surface area contributed by atoms with Gasteiger partial charge in [0.05, 0.1) is 11.4 Å². The van der Waals surface area contributed by atoms with Crippen LogP contribution in [-0.4, -0.2) is 47.3 Å². The molecule has 7 nitrogen and oxygen atoms in total. The van der Waals surface area contributed by atoms with E-state index in [9.17, 15) is 13.2 Å². The van der Waals surface area contributed by atoms with E-state index in [2.05, 4.69) is 10.4 Å². The fourth-order valence-electron chi connectivity index (χ4n) is 3.47. The molecule has 1 aliphatic carbocycles. The van der Waals surface area contributed by atoms with E-state index in [1.807, 2.05) is 7.05 Å². The Labute approximate surface area is 137 Å². The van der Waals surface area contributed by atoms with E-state index in [0.717, 1.165) is 36.3 Å². The van der Waals surface area contributed by atoms with Gasteiger partial charge in [-0.3, -0.25) is 9.48 Å². The summed E-state index contributed by atoms with van der Waals surface area (Å²) in [4.78, 5) is 12.5. The van der Waals surface area contributed by atoms with Crippen LogP contribution in [0.3, 0.4) is 0 Å². The number of fused-ring (bicyclic) bond motifs is 1. The van der Waals surface area contributed by atoms with Gasteiger partial charge in [-0.05, 0) is 39.0 Å². The van der Waals surface area contributed by atoms with Gasteiger partial charge < -0.3 is 5.32 Å². The first kappa shape index (κ1) is 16.4. The Morgan fingerprint density at radius 3 is 2.65 bits per heavy atom. The predicted molar refractivity (Wildman–Crippen MR) is 87.6 cm³/mol. The van der Waals surface area contributed by atoms with Crippen molar-refractivity contribution in [3.63, 3.8) is 0 Å². The van der Waals surface area contributed by atoms with Crippen LogP contribution in [0.1, 0.15) is 37.4 Å². The minimum absolute atomic E-state index is 0.0174. The first-order chi connectivity index (χ1) is 10.9. The molecule has 0 spiro atoms. The SMILES string of the molecule is CCS(=O)(=O)N1CCC(C(=O)Nc2c3c(nn2C)CCC3)CC1. The fourth-order valence-corrected chi connectivity index (χ4v) is 4.61. The van der Waals surface area contributed by atoms with Crippen LogP contribution in [0.15, 0.2) is 0 Å². The van der Waals surface area contributed by atoms with Crippen LogP contribution in [0, 0.1) is 5.92 Å². The van der Waals surface area contributed by atoms with Crippen molar-refractivity contribution in [2.75, 3.05) is 24.2 Å². The second-order valence-electron chi connectivity index (χ2n) is 6.31. The number of aromatic nitrogens is 2. The molecular weight excluding hydrogens is 316 g/mol. The van der Waals surface area contributed by atoms with Crippen LogP contribution in [-0.2, 0) is 34.7 Å². The number of nitrogens with one attached hydrogen (secondary N) is 1. The second-order valence-corrected chi connectivity index (χ2v) is 8.57. The highest BCUT2D eigenvalue weighted by Gasteiger charge is 2.31. The molecule has 8 heteroatoms. The molecule has 2 aliphatic rings. The van der Waals surface area contributed by atoms with Gasteiger partial charge in [0.1, 0.15) is 5.82 Å². The van der Waals surface area contributed by atoms with E-state index < -0.39 is 10.0 Å². The first-order valence-corrected chi connectivity index (χ1v) is 9.86. The molecule has 0 atom stereocenters. The molecule has 3 rings (SSSR count). The van der Waals surface area contributed by atoms with Crippen molar-refractivity contribution in [1.29, 1.82) is 0 Å². The molecule has 128 valence electrons. The van der Waals surface area contributed by atoms with Crippen LogP contribution < -0.4 is 5.32 Å². The summed E-state index contributed by atoms with van der Waals surface area (Å²) in [5.41, 5.74) is 2.25. The number of aryl methyl sites for hydroxylation is 2. The lowest BCUT2D eigenvalue weighted by molar-refractivity contribution is -0.121. The molecule has 1 aromatic rings. The van der Waals surface area contributed by atoms with E-state index in [-0.39, 0.29) is 17.6 Å². The maximum atomic E-state index is 12.5. The topological polar surface area (TPSA) is 84.3 Å². The number of sulfonamides is 1. The van der Waals surface area contributed by atoms with Gasteiger partial charge in [-0.2, -0.15) is 5.10 Å². The average molecular weight is 340 g/mol. The summed E-state index contributed by atoms with van der Waals surface area (Å²) in [6.07, 6.45) is 4.18. The molecule has 1 aromatic heterocycles. The molecule has 1 aliphatic heterocycles. The predicted octanol–water partition coefficient (Wildman–Crippen LogP) is 0.909. The molecule has 0 radical (unpaired) electrons. The van der Waals surface area contributed by atoms with Crippen LogP contribution in [0.2, 0.25) is 0 Å². The Hall–Kier alpha value is -1.41. The maximum absolute atomic E-state index is 12.5. The van der Waals surface area contributed by atoms with Crippen molar-refractivity contribution < 1.29 is 13.2 Å². The summed E-state index contributed by atoms with van der Waals surface area (Å²) in [5, 5.41) is 7.48. The van der Waals surface area contributed by atoms with Crippen molar-refractivity contribution in [2.24, 2.45) is 13.0 Å². The van der Waals surface area contributed by atoms with Crippen molar-refractivity contribution in [1.82, 2.24) is 14.1 Å². The fraction of sp³-hybridized carbons (Fsp3) is 0.733. The Morgan fingerprint density at radius 1 is 1.30 bits per heavy atom. The van der Waals surface area contributed by atoms with Gasteiger partial charge in [-0.25, -0.2) is 12.7 Å². The zero-order valence-corrected chi connectivity index (χ0v) is 14.5. The molecule has 0 aromatic carbocycles. The minimum atomic E-state index is -3.15. The average Bonchev–Trinajstić information content (AvgIpc) is 3.10. The Bertz CT molecular complexity index is 703. The number of hydrogen-bond donors (Lipinski definition) is 1. The van der Waals surface area contributed by atoms with Gasteiger partial charge >= 0.3 is 0 Å². The summed E-state index contributed by atoms with van der Waals surface area (Å²) in [7, 11) is -1.30. The molecule has 1 N–H and O–H groups in total. The Morgan fingerprint density at radius 2 is 2.00 bits per heavy atom. The summed E-state index contributed by atoms with van der Waals surface area (Å²) >= 11 is 0. The van der Waals surface area contributed by atoms with Gasteiger partial charge in [-0.1, -0.05) is 0 Å². The quantitative estimate of drug-likeness (QED) is 0.883. The first-order valence-electron chi connectivity index (χ1n) is 8.25. The van der Waals surface area contributed by atoms with Crippen molar-refractivity contribution >= 4 is 21.7 Å². The van der Waals surface area contributed by atoms with E-state index in [1.54, 1.807) is 11.6 Å². The summed E-state index contributed by atoms with van der Waals surface area (Å²) in [6.45, 7) is 2.51. The molecule has 1 amide bonds. The number of rotatable bonds is 4. The standard InChI is InChI=1S/C15H24N4O3S/c1-3-23(21,22)19-9-7-11(8-10-19)15(20)16-14-12-5-4-6-13(12)17-18(14)2/h11H,3-10H2,1-2H3,(H,16,20). The highest BCUT2D eigenvalue weighted by Crippen LogP contribution is 2.29. The number of carbonyl (C=O) groups is 1. The normalized spacial score (nSPS) is 19.7. The molecule has 0 bridgehead atoms. The summed E-state index contributed by atoms with van der Waals surface area (Å²) < 4.78 is 27.0. The lowest BCUT2D eigenvalue weighted by atomic mass is 9.97. The molecule has 0 unspecified atom stereocenters. The number of anilines is 1. The van der Waals surface area contributed by atoms with Crippen molar-refractivity contribution in [2.45, 2.75) is 39.0 Å². The van der Waals surface area contributed by atoms with Gasteiger partial charge in [0, 0.05) is 31.6 Å². The number of carbonyl (C=O) groups excluding carboxylic acids is 1. The minimum Gasteiger partial charge on any atom is -0.310 e. The summed E-state index contributed by atoms with van der Waals surface area (Å²) in [6, 6.07) is 0. The second kappa shape index (κ2) is 6.24. The van der Waals surface area contributed by atoms with Crippen LogP contribution >= 0.6 is 0 Å². The number of nitrogens with zero attached hydrogens (tertiary/aromatic N) is 3. The van der Waals surface area contributed by atoms with Crippen molar-refractivity contribution in [3.05, 3.63) is 11.3 Å². The number of piperidine rings is 1. The highest BCUT2D eigenvalue weighted by molar-refractivity contribution is 7.89. The molecule has 1 fully saturated rings. The van der Waals surface area contributed by atoms with E-state index >= 15 is 0 Å². The zero-order chi connectivity index (χ0) is 16.6. The molecule has 0 saturated carbocycles. The number of hydrogen-bond acceptors (Lipinski definition) is 4. The largest absolute Gasteiger partial charge is 0.310 e. The van der Waals surface area contributed by atoms with Crippen LogP contribution in [0.25, 0.3) is 0 Å². The Balaban J connectivity index is 1.63. The zero-order valence-electron chi connectivity index (χ0n) is 13.7. The van der Waals surface area contributed by atoms with Gasteiger partial charge in [0.25, 0.3) is 0 Å². The third kappa shape index (κ3) is 3.14. The van der Waals surface area contributed by atoms with Crippen LogP contribution in [0.4, 0.5) is 5.82 Å². The van der Waals surface area contributed by atoms with Gasteiger partial charge in [0.15, 0.2) is 0 Å². The van der Waals surface area contributed by atoms with E-state index in [1.165, 1.54) is 4.31 Å². The number of amides is 1. The lowest BCUT2D eigenvalue weighted by Gasteiger charge is -2.30. The molecule has 1 saturated heterocycles. The molecule has 2 heterocycles. The highest BCUT2D eigenvalue weighted by atomic mass is 32.2. The monoisotopic (exact) mass is 340 g/mol. The smallest absolute Gasteiger partial charge is 0.228 e. The van der Waals surface area contributed by atoms with E-state index in [0.29, 0.717) is 25.9 Å². The summed E-state index contributed by atoms with van der Waals surface area (Å²) in [5.74, 6) is 0.776. The van der Waals surface area contributed by atoms with E-state index in [4.69, 9.17) is 0 Å². The van der Waals surface area contributed by atoms with Crippen LogP contribution in [0.5, 0.6) is 0 Å². The third-order valence-electron chi connectivity index (χ3n) is 4.89. The third-order valence-corrected chi connectivity index (χ3v) is 6.77. The van der Waals surface area contributed by atoms with Gasteiger partial charge in [-0.15, -0.1) is 0 Å². The molecule has 23 heavy (non-hydrogen) atoms. The van der Waals surface area contributed by atoms with Gasteiger partial charge in [0.2, 0.25) is 15.9 Å². The Kier molecular flexibility index (Phi) is 4.46. The lowest BCUT2D eigenvalue weighted by Crippen LogP contribution is -2.42. The maximum Gasteiger partial charge on any atom is 0.228 e. The van der Waals surface area contributed by atoms with Crippen molar-refractivity contribution in [3.8, 4) is 0 Å².